The fourth-order valence-corrected chi connectivity index (χ4v) is 2.85. The minimum Gasteiger partial charge on any atom is -0.497 e. The van der Waals surface area contributed by atoms with Crippen molar-refractivity contribution < 1.29 is 4.74 Å². The summed E-state index contributed by atoms with van der Waals surface area (Å²) in [6.07, 6.45) is 8.67. The number of hydrogen-bond acceptors (Lipinski definition) is 3. The summed E-state index contributed by atoms with van der Waals surface area (Å²) in [5.74, 6) is 1.45. The first-order valence-electron chi connectivity index (χ1n) is 8.25. The van der Waals surface area contributed by atoms with Crippen molar-refractivity contribution in [3.63, 3.8) is 0 Å². The lowest BCUT2D eigenvalue weighted by Gasteiger charge is -2.20. The molecule has 3 aromatic rings. The predicted octanol–water partition coefficient (Wildman–Crippen LogP) is 4.59. The van der Waals surface area contributed by atoms with E-state index in [1.807, 2.05) is 37.1 Å². The molecule has 1 unspecified atom stereocenters. The molecule has 0 aliphatic heterocycles. The molecule has 2 heterocycles. The molecule has 0 spiro atoms. The van der Waals surface area contributed by atoms with Crippen molar-refractivity contribution >= 4 is 0 Å². The van der Waals surface area contributed by atoms with Crippen LogP contribution in [-0.2, 0) is 0 Å². The van der Waals surface area contributed by atoms with E-state index in [4.69, 9.17) is 9.72 Å². The Morgan fingerprint density at radius 3 is 2.33 bits per heavy atom. The van der Waals surface area contributed by atoms with Crippen molar-refractivity contribution in [3.05, 3.63) is 67.0 Å². The lowest BCUT2D eigenvalue weighted by molar-refractivity contribution is 0.415. The second-order valence-corrected chi connectivity index (χ2v) is 6.36. The molecule has 0 amide bonds. The van der Waals surface area contributed by atoms with Gasteiger partial charge in [-0.25, -0.2) is 4.98 Å². The van der Waals surface area contributed by atoms with Crippen molar-refractivity contribution in [1.29, 1.82) is 0 Å². The first kappa shape index (κ1) is 16.2. The van der Waals surface area contributed by atoms with Crippen LogP contribution in [0.15, 0.2) is 61.3 Å². The fourth-order valence-electron chi connectivity index (χ4n) is 2.85. The maximum absolute atomic E-state index is 5.21. The number of pyridine rings is 1. The van der Waals surface area contributed by atoms with E-state index in [-0.39, 0.29) is 6.04 Å². The summed E-state index contributed by atoms with van der Waals surface area (Å²) < 4.78 is 7.34. The van der Waals surface area contributed by atoms with Gasteiger partial charge in [0, 0.05) is 24.2 Å². The Morgan fingerprint density at radius 2 is 1.79 bits per heavy atom. The third-order valence-corrected chi connectivity index (χ3v) is 4.13. The zero-order valence-corrected chi connectivity index (χ0v) is 14.4. The van der Waals surface area contributed by atoms with Gasteiger partial charge in [-0.15, -0.1) is 0 Å². The Bertz CT molecular complexity index is 747. The van der Waals surface area contributed by atoms with Gasteiger partial charge in [0.05, 0.1) is 25.2 Å². The van der Waals surface area contributed by atoms with Crippen LogP contribution in [0.2, 0.25) is 0 Å². The lowest BCUT2D eigenvalue weighted by atomic mass is 9.99. The third kappa shape index (κ3) is 3.65. The molecular formula is C20H23N3O. The average molecular weight is 321 g/mol. The maximum Gasteiger partial charge on any atom is 0.118 e. The first-order chi connectivity index (χ1) is 11.7. The SMILES string of the molecule is COc1ccc(-c2ccc(C(CC(C)C)n3ccnc3)nc2)cc1. The van der Waals surface area contributed by atoms with Crippen LogP contribution < -0.4 is 4.74 Å². The van der Waals surface area contributed by atoms with Crippen LogP contribution in [-0.4, -0.2) is 21.6 Å². The molecule has 4 nitrogen and oxygen atoms in total. The number of benzene rings is 1. The molecule has 24 heavy (non-hydrogen) atoms. The van der Waals surface area contributed by atoms with Crippen LogP contribution in [0.5, 0.6) is 5.75 Å². The fraction of sp³-hybridized carbons (Fsp3) is 0.300. The van der Waals surface area contributed by atoms with E-state index in [1.54, 1.807) is 7.11 Å². The van der Waals surface area contributed by atoms with Gasteiger partial charge in [0.2, 0.25) is 0 Å². The van der Waals surface area contributed by atoms with Gasteiger partial charge in [0.15, 0.2) is 0 Å². The quantitative estimate of drug-likeness (QED) is 0.666. The van der Waals surface area contributed by atoms with E-state index >= 15 is 0 Å². The van der Waals surface area contributed by atoms with E-state index in [1.165, 1.54) is 0 Å². The average Bonchev–Trinajstić information content (AvgIpc) is 3.14. The molecule has 0 aliphatic rings. The summed E-state index contributed by atoms with van der Waals surface area (Å²) in [7, 11) is 1.68. The largest absolute Gasteiger partial charge is 0.497 e. The summed E-state index contributed by atoms with van der Waals surface area (Å²) >= 11 is 0. The molecule has 124 valence electrons. The molecule has 3 rings (SSSR count). The molecule has 1 atom stereocenters. The second kappa shape index (κ2) is 7.30. The van der Waals surface area contributed by atoms with Crippen LogP contribution in [0.4, 0.5) is 0 Å². The highest BCUT2D eigenvalue weighted by Crippen LogP contribution is 2.27. The third-order valence-electron chi connectivity index (χ3n) is 4.13. The van der Waals surface area contributed by atoms with Crippen LogP contribution in [0, 0.1) is 5.92 Å². The molecule has 0 saturated heterocycles. The summed E-state index contributed by atoms with van der Waals surface area (Å²) in [4.78, 5) is 8.91. The molecule has 0 fully saturated rings. The van der Waals surface area contributed by atoms with Gasteiger partial charge in [-0.05, 0) is 36.1 Å². The van der Waals surface area contributed by atoms with Gasteiger partial charge in [-0.2, -0.15) is 0 Å². The van der Waals surface area contributed by atoms with E-state index in [9.17, 15) is 0 Å². The smallest absolute Gasteiger partial charge is 0.118 e. The number of ether oxygens (including phenoxy) is 1. The number of imidazole rings is 1. The standard InChI is InChI=1S/C20H23N3O/c1-15(2)12-20(23-11-10-21-14-23)19-9-6-17(13-22-19)16-4-7-18(24-3)8-5-16/h4-11,13-15,20H,12H2,1-3H3. The van der Waals surface area contributed by atoms with E-state index in [0.29, 0.717) is 5.92 Å². The number of aromatic nitrogens is 3. The van der Waals surface area contributed by atoms with Crippen molar-refractivity contribution in [2.75, 3.05) is 7.11 Å². The predicted molar refractivity (Wildman–Crippen MR) is 96.0 cm³/mol. The zero-order valence-electron chi connectivity index (χ0n) is 14.4. The molecule has 1 aromatic carbocycles. The van der Waals surface area contributed by atoms with Crippen LogP contribution in [0.3, 0.4) is 0 Å². The molecule has 0 radical (unpaired) electrons. The minimum absolute atomic E-state index is 0.220. The lowest BCUT2D eigenvalue weighted by Crippen LogP contribution is -2.13. The van der Waals surface area contributed by atoms with Gasteiger partial charge in [-0.3, -0.25) is 4.98 Å². The first-order valence-corrected chi connectivity index (χ1v) is 8.25. The van der Waals surface area contributed by atoms with Gasteiger partial charge >= 0.3 is 0 Å². The highest BCUT2D eigenvalue weighted by atomic mass is 16.5. The monoisotopic (exact) mass is 321 g/mol. The minimum atomic E-state index is 0.220. The number of nitrogens with zero attached hydrogens (tertiary/aromatic N) is 3. The highest BCUT2D eigenvalue weighted by Gasteiger charge is 2.16. The van der Waals surface area contributed by atoms with E-state index in [2.05, 4.69) is 47.7 Å². The molecule has 0 N–H and O–H groups in total. The van der Waals surface area contributed by atoms with Crippen LogP contribution >= 0.6 is 0 Å². The summed E-state index contributed by atoms with van der Waals surface area (Å²) in [5, 5.41) is 0. The zero-order chi connectivity index (χ0) is 16.9. The molecule has 4 heteroatoms. The summed E-state index contributed by atoms with van der Waals surface area (Å²) in [6.45, 7) is 4.46. The maximum atomic E-state index is 5.21. The molecule has 0 aliphatic carbocycles. The van der Waals surface area contributed by atoms with Crippen LogP contribution in [0.1, 0.15) is 32.0 Å². The number of methoxy groups -OCH3 is 1. The van der Waals surface area contributed by atoms with Gasteiger partial charge in [-0.1, -0.05) is 32.0 Å². The number of hydrogen-bond donors (Lipinski definition) is 0. The van der Waals surface area contributed by atoms with Crippen molar-refractivity contribution in [3.8, 4) is 16.9 Å². The Balaban J connectivity index is 1.86. The molecular weight excluding hydrogens is 298 g/mol. The Labute approximate surface area is 143 Å². The summed E-state index contributed by atoms with van der Waals surface area (Å²) in [5.41, 5.74) is 3.31. The topological polar surface area (TPSA) is 39.9 Å². The number of rotatable bonds is 6. The summed E-state index contributed by atoms with van der Waals surface area (Å²) in [6, 6.07) is 12.5. The Kier molecular flexibility index (Phi) is 4.94. The van der Waals surface area contributed by atoms with E-state index < -0.39 is 0 Å². The van der Waals surface area contributed by atoms with Crippen molar-refractivity contribution in [1.82, 2.24) is 14.5 Å². The van der Waals surface area contributed by atoms with E-state index in [0.717, 1.165) is 29.0 Å². The Hall–Kier alpha value is -2.62. The van der Waals surface area contributed by atoms with Crippen molar-refractivity contribution in [2.24, 2.45) is 5.92 Å². The normalized spacial score (nSPS) is 12.3. The highest BCUT2D eigenvalue weighted by molar-refractivity contribution is 5.63. The molecule has 2 aromatic heterocycles. The second-order valence-electron chi connectivity index (χ2n) is 6.36. The van der Waals surface area contributed by atoms with Gasteiger partial charge < -0.3 is 9.30 Å². The van der Waals surface area contributed by atoms with Gasteiger partial charge in [0.25, 0.3) is 0 Å². The van der Waals surface area contributed by atoms with Gasteiger partial charge in [0.1, 0.15) is 5.75 Å². The Morgan fingerprint density at radius 1 is 1.04 bits per heavy atom. The molecule has 0 saturated carbocycles. The van der Waals surface area contributed by atoms with Crippen molar-refractivity contribution in [2.45, 2.75) is 26.3 Å². The molecule has 0 bridgehead atoms. The van der Waals surface area contributed by atoms with Crippen LogP contribution in [0.25, 0.3) is 11.1 Å².